The molecule has 0 unspecified atom stereocenters. The van der Waals surface area contributed by atoms with Crippen molar-refractivity contribution in [1.29, 1.82) is 0 Å². The van der Waals surface area contributed by atoms with Gasteiger partial charge in [0, 0.05) is 7.11 Å². The fourth-order valence-corrected chi connectivity index (χ4v) is 1.94. The molecule has 1 fully saturated rings. The van der Waals surface area contributed by atoms with Crippen LogP contribution in [0, 0.1) is 0 Å². The second-order valence-electron chi connectivity index (χ2n) is 3.83. The topological polar surface area (TPSA) is 89.7 Å². The SMILES string of the molecule is COC1CCC(N)(c2nn[nH]n2)CC1. The van der Waals surface area contributed by atoms with Crippen molar-refractivity contribution < 1.29 is 4.74 Å². The molecule has 14 heavy (non-hydrogen) atoms. The van der Waals surface area contributed by atoms with Gasteiger partial charge in [0.15, 0.2) is 5.82 Å². The smallest absolute Gasteiger partial charge is 0.194 e. The lowest BCUT2D eigenvalue weighted by Crippen LogP contribution is -2.43. The highest BCUT2D eigenvalue weighted by Gasteiger charge is 2.36. The zero-order valence-electron chi connectivity index (χ0n) is 8.23. The average Bonchev–Trinajstić information content (AvgIpc) is 2.72. The average molecular weight is 197 g/mol. The van der Waals surface area contributed by atoms with Gasteiger partial charge in [0.2, 0.25) is 0 Å². The molecule has 1 aromatic rings. The van der Waals surface area contributed by atoms with Crippen molar-refractivity contribution in [3.8, 4) is 0 Å². The number of hydrogen-bond acceptors (Lipinski definition) is 5. The summed E-state index contributed by atoms with van der Waals surface area (Å²) >= 11 is 0. The van der Waals surface area contributed by atoms with Crippen LogP contribution in [0.15, 0.2) is 0 Å². The van der Waals surface area contributed by atoms with E-state index in [4.69, 9.17) is 10.5 Å². The fourth-order valence-electron chi connectivity index (χ4n) is 1.94. The van der Waals surface area contributed by atoms with Crippen LogP contribution in [-0.4, -0.2) is 33.8 Å². The molecule has 6 heteroatoms. The van der Waals surface area contributed by atoms with Gasteiger partial charge in [0.05, 0.1) is 11.6 Å². The summed E-state index contributed by atoms with van der Waals surface area (Å²) in [7, 11) is 1.74. The molecule has 0 amide bonds. The summed E-state index contributed by atoms with van der Waals surface area (Å²) in [5, 5.41) is 13.9. The number of nitrogens with one attached hydrogen (secondary N) is 1. The van der Waals surface area contributed by atoms with E-state index in [0.717, 1.165) is 25.7 Å². The molecule has 1 aliphatic rings. The molecule has 0 aromatic carbocycles. The minimum Gasteiger partial charge on any atom is -0.381 e. The van der Waals surface area contributed by atoms with Gasteiger partial charge >= 0.3 is 0 Å². The highest BCUT2D eigenvalue weighted by Crippen LogP contribution is 2.33. The van der Waals surface area contributed by atoms with E-state index in [-0.39, 0.29) is 0 Å². The van der Waals surface area contributed by atoms with E-state index < -0.39 is 5.54 Å². The summed E-state index contributed by atoms with van der Waals surface area (Å²) in [6, 6.07) is 0. The van der Waals surface area contributed by atoms with Crippen molar-refractivity contribution in [3.05, 3.63) is 5.82 Å². The van der Waals surface area contributed by atoms with Crippen LogP contribution in [0.5, 0.6) is 0 Å². The van der Waals surface area contributed by atoms with Crippen molar-refractivity contribution in [1.82, 2.24) is 20.6 Å². The third kappa shape index (κ3) is 1.62. The first-order chi connectivity index (χ1) is 6.74. The van der Waals surface area contributed by atoms with Crippen LogP contribution >= 0.6 is 0 Å². The molecule has 2 rings (SSSR count). The number of tetrazole rings is 1. The standard InChI is InChI=1S/C8H15N5O/c1-14-6-2-4-8(9,5-3-6)7-10-12-13-11-7/h6H,2-5,9H2,1H3,(H,10,11,12,13). The van der Waals surface area contributed by atoms with Crippen molar-refractivity contribution in [3.63, 3.8) is 0 Å². The lowest BCUT2D eigenvalue weighted by atomic mass is 9.80. The van der Waals surface area contributed by atoms with Gasteiger partial charge in [0.1, 0.15) is 0 Å². The van der Waals surface area contributed by atoms with Crippen LogP contribution in [0.25, 0.3) is 0 Å². The largest absolute Gasteiger partial charge is 0.381 e. The van der Waals surface area contributed by atoms with E-state index in [1.165, 1.54) is 0 Å². The number of methoxy groups -OCH3 is 1. The number of rotatable bonds is 2. The Morgan fingerprint density at radius 3 is 2.71 bits per heavy atom. The Morgan fingerprint density at radius 1 is 1.50 bits per heavy atom. The number of nitrogens with zero attached hydrogens (tertiary/aromatic N) is 3. The molecule has 1 saturated carbocycles. The number of ether oxygens (including phenoxy) is 1. The molecule has 1 aromatic heterocycles. The fraction of sp³-hybridized carbons (Fsp3) is 0.875. The summed E-state index contributed by atoms with van der Waals surface area (Å²) in [4.78, 5) is 0. The molecular formula is C8H15N5O. The Kier molecular flexibility index (Phi) is 2.47. The lowest BCUT2D eigenvalue weighted by Gasteiger charge is -2.33. The Labute approximate surface area is 82.2 Å². The second kappa shape index (κ2) is 3.62. The Morgan fingerprint density at radius 2 is 2.21 bits per heavy atom. The van der Waals surface area contributed by atoms with Crippen LogP contribution in [0.2, 0.25) is 0 Å². The molecule has 0 radical (unpaired) electrons. The molecule has 0 atom stereocenters. The van der Waals surface area contributed by atoms with E-state index in [1.54, 1.807) is 7.11 Å². The Hall–Kier alpha value is -1.01. The molecule has 3 N–H and O–H groups in total. The van der Waals surface area contributed by atoms with Gasteiger partial charge in [-0.1, -0.05) is 5.21 Å². The van der Waals surface area contributed by atoms with Crippen molar-refractivity contribution >= 4 is 0 Å². The molecule has 6 nitrogen and oxygen atoms in total. The van der Waals surface area contributed by atoms with Gasteiger partial charge in [-0.3, -0.25) is 0 Å². The molecule has 78 valence electrons. The maximum absolute atomic E-state index is 6.20. The van der Waals surface area contributed by atoms with Gasteiger partial charge in [-0.05, 0) is 25.7 Å². The van der Waals surface area contributed by atoms with E-state index in [9.17, 15) is 0 Å². The number of aromatic nitrogens is 4. The molecule has 1 aliphatic carbocycles. The first-order valence-electron chi connectivity index (χ1n) is 4.80. The number of hydrogen-bond donors (Lipinski definition) is 2. The molecule has 0 spiro atoms. The Bertz CT molecular complexity index is 278. The number of nitrogens with two attached hydrogens (primary N) is 1. The van der Waals surface area contributed by atoms with Crippen molar-refractivity contribution in [2.24, 2.45) is 5.73 Å². The van der Waals surface area contributed by atoms with Gasteiger partial charge in [-0.2, -0.15) is 5.21 Å². The van der Waals surface area contributed by atoms with Gasteiger partial charge in [-0.25, -0.2) is 0 Å². The maximum atomic E-state index is 6.20. The number of H-pyrrole nitrogens is 1. The highest BCUT2D eigenvalue weighted by molar-refractivity contribution is 5.03. The van der Waals surface area contributed by atoms with Gasteiger partial charge < -0.3 is 10.5 Å². The maximum Gasteiger partial charge on any atom is 0.194 e. The summed E-state index contributed by atoms with van der Waals surface area (Å²) in [6.07, 6.45) is 3.96. The Balaban J connectivity index is 2.06. The lowest BCUT2D eigenvalue weighted by molar-refractivity contribution is 0.0476. The third-order valence-electron chi connectivity index (χ3n) is 2.95. The summed E-state index contributed by atoms with van der Waals surface area (Å²) in [5.74, 6) is 0.618. The molecule has 1 heterocycles. The summed E-state index contributed by atoms with van der Waals surface area (Å²) < 4.78 is 5.28. The van der Waals surface area contributed by atoms with Gasteiger partial charge in [0.25, 0.3) is 0 Å². The minimum absolute atomic E-state index is 0.332. The van der Waals surface area contributed by atoms with E-state index in [0.29, 0.717) is 11.9 Å². The predicted molar refractivity (Wildman–Crippen MR) is 49.3 cm³/mol. The quantitative estimate of drug-likeness (QED) is 0.693. The van der Waals surface area contributed by atoms with E-state index in [2.05, 4.69) is 20.6 Å². The summed E-state index contributed by atoms with van der Waals surface area (Å²) in [6.45, 7) is 0. The molecule has 0 aliphatic heterocycles. The van der Waals surface area contributed by atoms with Crippen LogP contribution in [0.3, 0.4) is 0 Å². The number of aromatic amines is 1. The molecule has 0 saturated heterocycles. The van der Waals surface area contributed by atoms with Crippen LogP contribution in [0.1, 0.15) is 31.5 Å². The predicted octanol–water partition coefficient (Wildman–Crippen LogP) is -0.0573. The monoisotopic (exact) mass is 197 g/mol. The van der Waals surface area contributed by atoms with Crippen LogP contribution in [-0.2, 0) is 10.3 Å². The molecular weight excluding hydrogens is 182 g/mol. The normalized spacial score (nSPS) is 33.1. The first-order valence-corrected chi connectivity index (χ1v) is 4.80. The first kappa shape index (κ1) is 9.54. The van der Waals surface area contributed by atoms with E-state index in [1.807, 2.05) is 0 Å². The van der Waals surface area contributed by atoms with Crippen LogP contribution < -0.4 is 5.73 Å². The van der Waals surface area contributed by atoms with Crippen molar-refractivity contribution in [2.45, 2.75) is 37.3 Å². The second-order valence-corrected chi connectivity index (χ2v) is 3.83. The highest BCUT2D eigenvalue weighted by atomic mass is 16.5. The zero-order valence-corrected chi connectivity index (χ0v) is 8.23. The minimum atomic E-state index is -0.415. The van der Waals surface area contributed by atoms with E-state index >= 15 is 0 Å². The zero-order chi connectivity index (χ0) is 10.0. The molecule has 0 bridgehead atoms. The van der Waals surface area contributed by atoms with Gasteiger partial charge in [-0.15, -0.1) is 10.2 Å². The third-order valence-corrected chi connectivity index (χ3v) is 2.95. The summed E-state index contributed by atoms with van der Waals surface area (Å²) in [5.41, 5.74) is 5.79. The van der Waals surface area contributed by atoms with Crippen molar-refractivity contribution in [2.75, 3.05) is 7.11 Å². The van der Waals surface area contributed by atoms with Crippen LogP contribution in [0.4, 0.5) is 0 Å².